The number of ether oxygens (including phenoxy) is 1. The first kappa shape index (κ1) is 24.1. The van der Waals surface area contributed by atoms with Crippen molar-refractivity contribution in [2.24, 2.45) is 11.5 Å². The Kier molecular flexibility index (Phi) is 12.7. The lowest BCUT2D eigenvalue weighted by molar-refractivity contribution is 0.261. The second kappa shape index (κ2) is 14.3. The minimum atomic E-state index is 0.449. The highest BCUT2D eigenvalue weighted by Gasteiger charge is 2.01. The van der Waals surface area contributed by atoms with Crippen LogP contribution < -0.4 is 11.5 Å². The van der Waals surface area contributed by atoms with Crippen molar-refractivity contribution in [2.75, 3.05) is 6.61 Å². The summed E-state index contributed by atoms with van der Waals surface area (Å²) in [5, 5.41) is 0. The van der Waals surface area contributed by atoms with Crippen LogP contribution in [0.25, 0.3) is 0 Å². The molecular weight excluding hydrogens is 332 g/mol. The van der Waals surface area contributed by atoms with Crippen molar-refractivity contribution in [3.8, 4) is 0 Å². The molecule has 0 heterocycles. The Morgan fingerprint density at radius 2 is 1.78 bits per heavy atom. The maximum atomic E-state index is 6.11. The van der Waals surface area contributed by atoms with Crippen LogP contribution in [0.1, 0.15) is 33.6 Å². The van der Waals surface area contributed by atoms with Crippen molar-refractivity contribution < 1.29 is 4.74 Å². The van der Waals surface area contributed by atoms with Crippen LogP contribution in [0.15, 0.2) is 108 Å². The van der Waals surface area contributed by atoms with E-state index in [9.17, 15) is 0 Å². The molecular formula is C24H34N2O. The van der Waals surface area contributed by atoms with Crippen molar-refractivity contribution >= 4 is 0 Å². The maximum Gasteiger partial charge on any atom is 0.120 e. The zero-order chi connectivity index (χ0) is 20.7. The molecule has 0 spiro atoms. The first-order valence-corrected chi connectivity index (χ1v) is 9.12. The van der Waals surface area contributed by atoms with Crippen LogP contribution in [-0.2, 0) is 4.74 Å². The number of hydrogen-bond acceptors (Lipinski definition) is 3. The highest BCUT2D eigenvalue weighted by molar-refractivity contribution is 5.46. The van der Waals surface area contributed by atoms with E-state index in [1.165, 1.54) is 5.57 Å². The molecule has 0 aliphatic heterocycles. The highest BCUT2D eigenvalue weighted by Crippen LogP contribution is 2.14. The average Bonchev–Trinajstić information content (AvgIpc) is 2.62. The molecule has 0 saturated carbocycles. The molecule has 27 heavy (non-hydrogen) atoms. The van der Waals surface area contributed by atoms with Gasteiger partial charge in [-0.05, 0) is 61.3 Å². The molecule has 0 radical (unpaired) electrons. The van der Waals surface area contributed by atoms with E-state index in [0.29, 0.717) is 29.3 Å². The third-order valence-corrected chi connectivity index (χ3v) is 3.56. The minimum absolute atomic E-state index is 0.449. The third-order valence-electron chi connectivity index (χ3n) is 3.56. The molecule has 3 nitrogen and oxygen atoms in total. The van der Waals surface area contributed by atoms with E-state index < -0.39 is 0 Å². The van der Waals surface area contributed by atoms with Crippen LogP contribution in [0.5, 0.6) is 0 Å². The summed E-state index contributed by atoms with van der Waals surface area (Å²) >= 11 is 0. The fourth-order valence-electron chi connectivity index (χ4n) is 2.18. The molecule has 0 atom stereocenters. The van der Waals surface area contributed by atoms with Crippen LogP contribution >= 0.6 is 0 Å². The summed E-state index contributed by atoms with van der Waals surface area (Å²) < 4.78 is 5.82. The Morgan fingerprint density at radius 3 is 2.30 bits per heavy atom. The fourth-order valence-corrected chi connectivity index (χ4v) is 2.18. The number of allylic oxidation sites excluding steroid dienone is 9. The number of nitrogens with two attached hydrogens (primary N) is 2. The average molecular weight is 367 g/mol. The largest absolute Gasteiger partial charge is 0.490 e. The van der Waals surface area contributed by atoms with Crippen molar-refractivity contribution in [3.05, 3.63) is 108 Å². The van der Waals surface area contributed by atoms with Crippen molar-refractivity contribution in [2.45, 2.75) is 33.6 Å². The lowest BCUT2D eigenvalue weighted by Gasteiger charge is -2.08. The molecule has 146 valence electrons. The zero-order valence-electron chi connectivity index (χ0n) is 17.0. The van der Waals surface area contributed by atoms with Gasteiger partial charge in [-0.1, -0.05) is 63.5 Å². The Labute approximate surface area is 165 Å². The first-order chi connectivity index (χ1) is 12.9. The van der Waals surface area contributed by atoms with Gasteiger partial charge in [-0.2, -0.15) is 0 Å². The van der Waals surface area contributed by atoms with Crippen LogP contribution in [0.2, 0.25) is 0 Å². The van der Waals surface area contributed by atoms with E-state index >= 15 is 0 Å². The van der Waals surface area contributed by atoms with Crippen LogP contribution in [0.4, 0.5) is 0 Å². The van der Waals surface area contributed by atoms with Gasteiger partial charge in [0.2, 0.25) is 0 Å². The van der Waals surface area contributed by atoms with Gasteiger partial charge in [0.1, 0.15) is 12.4 Å². The Hall–Kier alpha value is -2.94. The van der Waals surface area contributed by atoms with Gasteiger partial charge in [0.25, 0.3) is 0 Å². The van der Waals surface area contributed by atoms with Gasteiger partial charge < -0.3 is 16.2 Å². The fraction of sp³-hybridized carbons (Fsp3) is 0.250. The summed E-state index contributed by atoms with van der Waals surface area (Å²) in [6.45, 7) is 17.9. The molecule has 0 aliphatic carbocycles. The summed E-state index contributed by atoms with van der Waals surface area (Å²) in [7, 11) is 0. The second-order valence-corrected chi connectivity index (χ2v) is 5.88. The molecule has 3 heteroatoms. The van der Waals surface area contributed by atoms with Gasteiger partial charge >= 0.3 is 0 Å². The van der Waals surface area contributed by atoms with Crippen LogP contribution in [-0.4, -0.2) is 6.61 Å². The van der Waals surface area contributed by atoms with E-state index in [0.717, 1.165) is 18.4 Å². The molecule has 0 aliphatic rings. The van der Waals surface area contributed by atoms with Crippen LogP contribution in [0, 0.1) is 0 Å². The summed E-state index contributed by atoms with van der Waals surface area (Å²) in [5.41, 5.74) is 15.5. The highest BCUT2D eigenvalue weighted by atomic mass is 16.5. The van der Waals surface area contributed by atoms with Gasteiger partial charge in [0, 0.05) is 11.4 Å². The summed E-state index contributed by atoms with van der Waals surface area (Å²) in [4.78, 5) is 0. The monoisotopic (exact) mass is 366 g/mol. The standard InChI is InChI=1S/C24H34N2O/c1-7-12-21(13-8-2)15-11-16-27-23(14-9-3)17-19(5)24(26)18-22(10-4)20(6)25/h7,9-12,14-15,17-18H,1,5-6,8,13,16,25-26H2,2-4H3/b14-9-,15-11-,21-12-,22-10+,23-17+,24-18-. The minimum Gasteiger partial charge on any atom is -0.490 e. The predicted octanol–water partition coefficient (Wildman–Crippen LogP) is 5.75. The molecule has 0 unspecified atom stereocenters. The third kappa shape index (κ3) is 10.6. The van der Waals surface area contributed by atoms with E-state index in [1.807, 2.05) is 44.2 Å². The van der Waals surface area contributed by atoms with Gasteiger partial charge in [-0.3, -0.25) is 0 Å². The smallest absolute Gasteiger partial charge is 0.120 e. The van der Waals surface area contributed by atoms with Crippen molar-refractivity contribution in [1.29, 1.82) is 0 Å². The molecule has 0 bridgehead atoms. The summed E-state index contributed by atoms with van der Waals surface area (Å²) in [6, 6.07) is 0. The Bertz CT molecular complexity index is 698. The lowest BCUT2D eigenvalue weighted by atomic mass is 10.1. The molecule has 0 amide bonds. The van der Waals surface area contributed by atoms with E-state index in [1.54, 1.807) is 18.2 Å². The quantitative estimate of drug-likeness (QED) is 0.341. The molecule has 0 aromatic rings. The van der Waals surface area contributed by atoms with E-state index in [4.69, 9.17) is 16.2 Å². The van der Waals surface area contributed by atoms with Gasteiger partial charge in [0.15, 0.2) is 0 Å². The lowest BCUT2D eigenvalue weighted by Crippen LogP contribution is -2.04. The summed E-state index contributed by atoms with van der Waals surface area (Å²) in [5.74, 6) is 0.682. The number of hydrogen-bond donors (Lipinski definition) is 2. The summed E-state index contributed by atoms with van der Waals surface area (Å²) in [6.07, 6.45) is 19.2. The SMILES string of the molecule is C=C/C=C(\C=C/COC(/C=C\C)=C/C(=C)/C(N)=C/C(=C\C)C(=C)N)CCC. The maximum absolute atomic E-state index is 6.11. The van der Waals surface area contributed by atoms with Crippen molar-refractivity contribution in [3.63, 3.8) is 0 Å². The Balaban J connectivity index is 5.14. The zero-order valence-corrected chi connectivity index (χ0v) is 17.0. The normalized spacial score (nSPS) is 14.0. The number of rotatable bonds is 12. The molecule has 0 fully saturated rings. The van der Waals surface area contributed by atoms with E-state index in [2.05, 4.69) is 32.7 Å². The Morgan fingerprint density at radius 1 is 1.07 bits per heavy atom. The first-order valence-electron chi connectivity index (χ1n) is 9.12. The van der Waals surface area contributed by atoms with Gasteiger partial charge in [0.05, 0.1) is 0 Å². The second-order valence-electron chi connectivity index (χ2n) is 5.88. The molecule has 0 saturated heterocycles. The predicted molar refractivity (Wildman–Crippen MR) is 120 cm³/mol. The molecule has 4 N–H and O–H groups in total. The van der Waals surface area contributed by atoms with Crippen LogP contribution in [0.3, 0.4) is 0 Å². The van der Waals surface area contributed by atoms with E-state index in [-0.39, 0.29) is 0 Å². The molecule has 0 aromatic heterocycles. The molecule has 0 rings (SSSR count). The topological polar surface area (TPSA) is 61.3 Å². The van der Waals surface area contributed by atoms with Gasteiger partial charge in [-0.25, -0.2) is 0 Å². The van der Waals surface area contributed by atoms with Crippen molar-refractivity contribution in [1.82, 2.24) is 0 Å². The van der Waals surface area contributed by atoms with Gasteiger partial charge in [-0.15, -0.1) is 0 Å². The molecule has 0 aromatic carbocycles.